The Kier molecular flexibility index (Phi) is 3.18. The molecule has 0 radical (unpaired) electrons. The molecular formula is C10H9N5OS. The van der Waals surface area contributed by atoms with E-state index in [1.165, 1.54) is 11.3 Å². The molecule has 0 aliphatic carbocycles. The van der Waals surface area contributed by atoms with Crippen LogP contribution >= 0.6 is 11.3 Å². The summed E-state index contributed by atoms with van der Waals surface area (Å²) in [6, 6.07) is 3.81. The summed E-state index contributed by atoms with van der Waals surface area (Å²) in [4.78, 5) is 15.9. The van der Waals surface area contributed by atoms with Crippen molar-refractivity contribution in [3.8, 4) is 6.07 Å². The number of thiophene rings is 1. The van der Waals surface area contributed by atoms with Gasteiger partial charge in [0.05, 0.1) is 11.4 Å². The Morgan fingerprint density at radius 2 is 2.53 bits per heavy atom. The summed E-state index contributed by atoms with van der Waals surface area (Å²) in [6.45, 7) is 0.426. The van der Waals surface area contributed by atoms with Gasteiger partial charge in [-0.25, -0.2) is 10.8 Å². The molecule has 0 fully saturated rings. The quantitative estimate of drug-likeness (QED) is 0.468. The first-order valence-corrected chi connectivity index (χ1v) is 5.62. The Bertz CT molecular complexity index is 580. The van der Waals surface area contributed by atoms with Crippen LogP contribution in [0.3, 0.4) is 0 Å². The van der Waals surface area contributed by atoms with Crippen molar-refractivity contribution in [2.24, 2.45) is 5.84 Å². The number of nitrogens with two attached hydrogens (primary N) is 1. The van der Waals surface area contributed by atoms with Crippen LogP contribution in [0.4, 0.5) is 0 Å². The summed E-state index contributed by atoms with van der Waals surface area (Å²) in [5.41, 5.74) is 2.91. The minimum Gasteiger partial charge on any atom is -0.318 e. The number of imidazole rings is 1. The molecule has 86 valence electrons. The second-order valence-electron chi connectivity index (χ2n) is 3.24. The highest BCUT2D eigenvalue weighted by molar-refractivity contribution is 7.12. The topological polar surface area (TPSA) is 96.7 Å². The smallest absolute Gasteiger partial charge is 0.275 e. The second kappa shape index (κ2) is 4.78. The number of nitrogens with one attached hydrogen (secondary N) is 1. The highest BCUT2D eigenvalue weighted by Gasteiger charge is 2.13. The van der Waals surface area contributed by atoms with Crippen molar-refractivity contribution in [3.63, 3.8) is 0 Å². The maximum Gasteiger partial charge on any atom is 0.275 e. The average molecular weight is 247 g/mol. The Hall–Kier alpha value is -2.17. The molecule has 17 heavy (non-hydrogen) atoms. The largest absolute Gasteiger partial charge is 0.318 e. The maximum atomic E-state index is 11.5. The summed E-state index contributed by atoms with van der Waals surface area (Å²) in [5, 5.41) is 10.6. The van der Waals surface area contributed by atoms with Gasteiger partial charge in [-0.3, -0.25) is 10.2 Å². The molecule has 0 saturated heterocycles. The molecule has 0 bridgehead atoms. The Labute approximate surface area is 101 Å². The van der Waals surface area contributed by atoms with Crippen molar-refractivity contribution in [2.45, 2.75) is 6.54 Å². The lowest BCUT2D eigenvalue weighted by Gasteiger charge is -2.04. The highest BCUT2D eigenvalue weighted by atomic mass is 32.1. The SMILES string of the molecule is N#Cc1nccn1Cc1ccsc1C(=O)NN. The van der Waals surface area contributed by atoms with E-state index in [9.17, 15) is 4.79 Å². The standard InChI is InChI=1S/C10H9N5OS/c11-5-8-13-2-3-15(8)6-7-1-4-17-9(7)10(16)14-12/h1-4H,6,12H2,(H,14,16). The highest BCUT2D eigenvalue weighted by Crippen LogP contribution is 2.18. The Morgan fingerprint density at radius 3 is 3.24 bits per heavy atom. The van der Waals surface area contributed by atoms with Crippen LogP contribution in [0, 0.1) is 11.3 Å². The zero-order valence-corrected chi connectivity index (χ0v) is 9.57. The van der Waals surface area contributed by atoms with Crippen LogP contribution in [0.1, 0.15) is 21.1 Å². The van der Waals surface area contributed by atoms with Crippen LogP contribution in [0.25, 0.3) is 0 Å². The van der Waals surface area contributed by atoms with E-state index in [2.05, 4.69) is 10.4 Å². The fourth-order valence-corrected chi connectivity index (χ4v) is 2.28. The molecule has 2 aromatic heterocycles. The van der Waals surface area contributed by atoms with Gasteiger partial charge in [0.2, 0.25) is 5.82 Å². The van der Waals surface area contributed by atoms with Gasteiger partial charge in [0, 0.05) is 12.4 Å². The van der Waals surface area contributed by atoms with Gasteiger partial charge in [-0.15, -0.1) is 11.3 Å². The molecule has 3 N–H and O–H groups in total. The van der Waals surface area contributed by atoms with E-state index in [4.69, 9.17) is 11.1 Å². The van der Waals surface area contributed by atoms with Crippen molar-refractivity contribution in [1.29, 1.82) is 5.26 Å². The summed E-state index contributed by atoms with van der Waals surface area (Å²) in [7, 11) is 0. The second-order valence-corrected chi connectivity index (χ2v) is 4.16. The molecule has 0 aromatic carbocycles. The lowest BCUT2D eigenvalue weighted by atomic mass is 10.2. The molecule has 0 saturated carbocycles. The minimum atomic E-state index is -0.325. The summed E-state index contributed by atoms with van der Waals surface area (Å²) in [6.07, 6.45) is 3.24. The number of hydrogen-bond donors (Lipinski definition) is 2. The van der Waals surface area contributed by atoms with Crippen molar-refractivity contribution in [3.05, 3.63) is 40.1 Å². The molecule has 0 atom stereocenters. The lowest BCUT2D eigenvalue weighted by molar-refractivity contribution is 0.0957. The van der Waals surface area contributed by atoms with Crippen LogP contribution in [-0.2, 0) is 6.54 Å². The fourth-order valence-electron chi connectivity index (χ4n) is 1.46. The third-order valence-corrected chi connectivity index (χ3v) is 3.20. The lowest BCUT2D eigenvalue weighted by Crippen LogP contribution is -2.30. The number of nitrogens with zero attached hydrogens (tertiary/aromatic N) is 3. The Balaban J connectivity index is 2.29. The van der Waals surface area contributed by atoms with Crippen molar-refractivity contribution in [1.82, 2.24) is 15.0 Å². The van der Waals surface area contributed by atoms with Crippen molar-refractivity contribution in [2.75, 3.05) is 0 Å². The molecular weight excluding hydrogens is 238 g/mol. The maximum absolute atomic E-state index is 11.5. The number of nitrogen functional groups attached to an aromatic ring is 1. The number of rotatable bonds is 3. The number of hydrogen-bond acceptors (Lipinski definition) is 5. The summed E-state index contributed by atoms with van der Waals surface area (Å²) < 4.78 is 1.68. The van der Waals surface area contributed by atoms with Crippen LogP contribution in [0.5, 0.6) is 0 Å². The predicted molar refractivity (Wildman–Crippen MR) is 62.0 cm³/mol. The van der Waals surface area contributed by atoms with E-state index < -0.39 is 0 Å². The molecule has 2 aromatic rings. The minimum absolute atomic E-state index is 0.315. The van der Waals surface area contributed by atoms with Gasteiger partial charge in [-0.2, -0.15) is 5.26 Å². The van der Waals surface area contributed by atoms with Crippen LogP contribution in [0.2, 0.25) is 0 Å². The van der Waals surface area contributed by atoms with Gasteiger partial charge < -0.3 is 4.57 Å². The number of carbonyl (C=O) groups is 1. The van der Waals surface area contributed by atoms with E-state index in [0.717, 1.165) is 5.56 Å². The number of aromatic nitrogens is 2. The van der Waals surface area contributed by atoms with Gasteiger partial charge in [0.15, 0.2) is 0 Å². The molecule has 0 aliphatic rings. The van der Waals surface area contributed by atoms with Crippen LogP contribution in [-0.4, -0.2) is 15.5 Å². The van der Waals surface area contributed by atoms with Crippen LogP contribution in [0.15, 0.2) is 23.8 Å². The average Bonchev–Trinajstić information content (AvgIpc) is 2.97. The number of carbonyl (C=O) groups excluding carboxylic acids is 1. The Morgan fingerprint density at radius 1 is 1.71 bits per heavy atom. The first-order chi connectivity index (χ1) is 8.26. The van der Waals surface area contributed by atoms with Crippen LogP contribution < -0.4 is 11.3 Å². The van der Waals surface area contributed by atoms with E-state index in [1.54, 1.807) is 17.0 Å². The molecule has 1 amide bonds. The fraction of sp³-hybridized carbons (Fsp3) is 0.100. The van der Waals surface area contributed by atoms with Gasteiger partial charge in [0.1, 0.15) is 6.07 Å². The molecule has 0 spiro atoms. The van der Waals surface area contributed by atoms with Gasteiger partial charge >= 0.3 is 0 Å². The first-order valence-electron chi connectivity index (χ1n) is 4.74. The predicted octanol–water partition coefficient (Wildman–Crippen LogP) is 0.468. The number of nitriles is 1. The molecule has 2 heterocycles. The number of amides is 1. The van der Waals surface area contributed by atoms with E-state index in [0.29, 0.717) is 17.2 Å². The third kappa shape index (κ3) is 2.18. The van der Waals surface area contributed by atoms with Gasteiger partial charge in [-0.05, 0) is 17.0 Å². The van der Waals surface area contributed by atoms with E-state index >= 15 is 0 Å². The molecule has 2 rings (SSSR count). The molecule has 7 heteroatoms. The summed E-state index contributed by atoms with van der Waals surface area (Å²) in [5.74, 6) is 5.09. The van der Waals surface area contributed by atoms with Crippen molar-refractivity contribution < 1.29 is 4.79 Å². The zero-order valence-electron chi connectivity index (χ0n) is 8.75. The van der Waals surface area contributed by atoms with Crippen molar-refractivity contribution >= 4 is 17.2 Å². The third-order valence-electron chi connectivity index (χ3n) is 2.24. The van der Waals surface area contributed by atoms with E-state index in [-0.39, 0.29) is 5.91 Å². The molecule has 0 aliphatic heterocycles. The van der Waals surface area contributed by atoms with Gasteiger partial charge in [0.25, 0.3) is 5.91 Å². The molecule has 0 unspecified atom stereocenters. The molecule has 6 nitrogen and oxygen atoms in total. The zero-order chi connectivity index (χ0) is 12.3. The number of hydrazine groups is 1. The summed E-state index contributed by atoms with van der Waals surface area (Å²) >= 11 is 1.31. The van der Waals surface area contributed by atoms with E-state index in [1.807, 2.05) is 17.5 Å². The first kappa shape index (κ1) is 11.3. The monoisotopic (exact) mass is 247 g/mol. The normalized spacial score (nSPS) is 9.88. The van der Waals surface area contributed by atoms with Gasteiger partial charge in [-0.1, -0.05) is 0 Å².